The molecule has 0 saturated heterocycles. The molecule has 2 nitrogen and oxygen atoms in total. The van der Waals surface area contributed by atoms with Crippen molar-refractivity contribution in [1.82, 2.24) is 4.90 Å². The van der Waals surface area contributed by atoms with Crippen molar-refractivity contribution in [3.05, 3.63) is 34.6 Å². The average Bonchev–Trinajstić information content (AvgIpc) is 2.10. The average molecular weight is 231 g/mol. The van der Waals surface area contributed by atoms with Crippen LogP contribution in [0.5, 0.6) is 0 Å². The lowest BCUT2D eigenvalue weighted by atomic mass is 10.1. The zero-order valence-electron chi connectivity index (χ0n) is 9.00. The molecule has 0 bridgehead atoms. The zero-order valence-corrected chi connectivity index (χ0v) is 9.76. The fourth-order valence-electron chi connectivity index (χ4n) is 1.50. The summed E-state index contributed by atoms with van der Waals surface area (Å²) >= 11 is 5.68. The Hall–Kier alpha value is -0.640. The van der Waals surface area contributed by atoms with Gasteiger partial charge in [0.2, 0.25) is 0 Å². The summed E-state index contributed by atoms with van der Waals surface area (Å²) in [5, 5.41) is 0.157. The van der Waals surface area contributed by atoms with E-state index in [1.54, 1.807) is 12.1 Å². The fourth-order valence-corrected chi connectivity index (χ4v) is 1.71. The molecule has 0 saturated carbocycles. The van der Waals surface area contributed by atoms with Gasteiger partial charge in [-0.2, -0.15) is 0 Å². The summed E-state index contributed by atoms with van der Waals surface area (Å²) in [6, 6.07) is 4.77. The minimum atomic E-state index is -0.387. The van der Waals surface area contributed by atoms with Crippen LogP contribution in [-0.2, 0) is 6.42 Å². The molecule has 0 aliphatic rings. The molecule has 2 N–H and O–H groups in total. The minimum absolute atomic E-state index is 0.0431. The van der Waals surface area contributed by atoms with Gasteiger partial charge in [0.15, 0.2) is 0 Å². The highest BCUT2D eigenvalue weighted by Gasteiger charge is 2.07. The van der Waals surface area contributed by atoms with Crippen LogP contribution in [0.25, 0.3) is 0 Å². The molecule has 0 spiro atoms. The molecule has 1 rings (SSSR count). The van der Waals surface area contributed by atoms with Gasteiger partial charge in [-0.3, -0.25) is 0 Å². The second-order valence-corrected chi connectivity index (χ2v) is 4.38. The molecule has 1 aromatic rings. The van der Waals surface area contributed by atoms with E-state index in [-0.39, 0.29) is 16.9 Å². The van der Waals surface area contributed by atoms with Crippen LogP contribution in [0.4, 0.5) is 4.39 Å². The van der Waals surface area contributed by atoms with Gasteiger partial charge < -0.3 is 10.6 Å². The number of nitrogens with zero attached hydrogens (tertiary/aromatic N) is 1. The Morgan fingerprint density at radius 1 is 1.47 bits per heavy atom. The van der Waals surface area contributed by atoms with Crippen molar-refractivity contribution >= 4 is 11.6 Å². The van der Waals surface area contributed by atoms with Crippen molar-refractivity contribution in [2.75, 3.05) is 20.6 Å². The maximum absolute atomic E-state index is 12.9. The summed E-state index contributed by atoms with van der Waals surface area (Å²) in [5.74, 6) is -0.387. The summed E-state index contributed by atoms with van der Waals surface area (Å²) in [7, 11) is 3.94. The third-order valence-electron chi connectivity index (χ3n) is 2.08. The lowest BCUT2D eigenvalue weighted by molar-refractivity contribution is 0.371. The molecule has 0 radical (unpaired) electrons. The summed E-state index contributed by atoms with van der Waals surface area (Å²) in [4.78, 5) is 2.02. The van der Waals surface area contributed by atoms with Crippen molar-refractivity contribution in [2.45, 2.75) is 12.5 Å². The number of rotatable bonds is 4. The van der Waals surface area contributed by atoms with E-state index >= 15 is 0 Å². The van der Waals surface area contributed by atoms with Gasteiger partial charge in [-0.1, -0.05) is 17.7 Å². The summed E-state index contributed by atoms with van der Waals surface area (Å²) in [6.07, 6.45) is 0.707. The quantitative estimate of drug-likeness (QED) is 0.856. The molecular weight excluding hydrogens is 215 g/mol. The molecule has 0 aromatic heterocycles. The first-order valence-electron chi connectivity index (χ1n) is 4.83. The van der Waals surface area contributed by atoms with E-state index in [4.69, 9.17) is 17.3 Å². The van der Waals surface area contributed by atoms with Crippen molar-refractivity contribution in [1.29, 1.82) is 0 Å². The molecule has 84 valence electrons. The monoisotopic (exact) mass is 230 g/mol. The Bertz CT molecular complexity index is 328. The van der Waals surface area contributed by atoms with E-state index in [0.717, 1.165) is 12.1 Å². The standard InChI is InChI=1S/C11H16ClFN2/c1-15(2)7-9(14)5-8-3-4-11(13)10(12)6-8/h3-4,6,9H,5,7,14H2,1-2H3. The molecule has 1 unspecified atom stereocenters. The fraction of sp³-hybridized carbons (Fsp3) is 0.455. The van der Waals surface area contributed by atoms with Gasteiger partial charge in [0, 0.05) is 12.6 Å². The molecule has 15 heavy (non-hydrogen) atoms. The Labute approximate surface area is 94.8 Å². The first-order valence-corrected chi connectivity index (χ1v) is 5.21. The lowest BCUT2D eigenvalue weighted by Crippen LogP contribution is -2.34. The summed E-state index contributed by atoms with van der Waals surface area (Å²) in [6.45, 7) is 0.801. The largest absolute Gasteiger partial charge is 0.326 e. The number of nitrogens with two attached hydrogens (primary N) is 1. The van der Waals surface area contributed by atoms with Crippen LogP contribution in [0, 0.1) is 5.82 Å². The van der Waals surface area contributed by atoms with E-state index < -0.39 is 0 Å². The normalized spacial score (nSPS) is 13.2. The molecule has 0 aliphatic heterocycles. The highest BCUT2D eigenvalue weighted by atomic mass is 35.5. The Balaban J connectivity index is 2.60. The summed E-state index contributed by atoms with van der Waals surface area (Å²) in [5.41, 5.74) is 6.88. The highest BCUT2D eigenvalue weighted by molar-refractivity contribution is 6.30. The molecule has 1 aromatic carbocycles. The van der Waals surface area contributed by atoms with Gasteiger partial charge in [-0.05, 0) is 38.2 Å². The third kappa shape index (κ3) is 4.16. The first kappa shape index (κ1) is 12.4. The van der Waals surface area contributed by atoms with Gasteiger partial charge in [0.1, 0.15) is 5.82 Å². The smallest absolute Gasteiger partial charge is 0.141 e. The van der Waals surface area contributed by atoms with E-state index in [2.05, 4.69) is 0 Å². The van der Waals surface area contributed by atoms with Gasteiger partial charge in [-0.25, -0.2) is 4.39 Å². The van der Waals surface area contributed by atoms with Crippen LogP contribution in [0.2, 0.25) is 5.02 Å². The van der Waals surface area contributed by atoms with Crippen molar-refractivity contribution in [3.63, 3.8) is 0 Å². The van der Waals surface area contributed by atoms with Crippen LogP contribution in [0.3, 0.4) is 0 Å². The van der Waals surface area contributed by atoms with Gasteiger partial charge >= 0.3 is 0 Å². The van der Waals surface area contributed by atoms with E-state index in [1.165, 1.54) is 6.07 Å². The van der Waals surface area contributed by atoms with E-state index in [9.17, 15) is 4.39 Å². The van der Waals surface area contributed by atoms with Crippen molar-refractivity contribution in [2.24, 2.45) is 5.73 Å². The van der Waals surface area contributed by atoms with E-state index in [1.807, 2.05) is 19.0 Å². The molecule has 1 atom stereocenters. The Morgan fingerprint density at radius 3 is 2.67 bits per heavy atom. The van der Waals surface area contributed by atoms with Gasteiger partial charge in [0.25, 0.3) is 0 Å². The first-order chi connectivity index (χ1) is 6.99. The molecule has 4 heteroatoms. The van der Waals surface area contributed by atoms with Crippen LogP contribution < -0.4 is 5.73 Å². The van der Waals surface area contributed by atoms with Crippen LogP contribution in [0.15, 0.2) is 18.2 Å². The molecular formula is C11H16ClFN2. The maximum Gasteiger partial charge on any atom is 0.141 e. The van der Waals surface area contributed by atoms with Crippen LogP contribution in [0.1, 0.15) is 5.56 Å². The Kier molecular flexibility index (Phi) is 4.51. The molecule has 0 fully saturated rings. The highest BCUT2D eigenvalue weighted by Crippen LogP contribution is 2.16. The minimum Gasteiger partial charge on any atom is -0.326 e. The maximum atomic E-state index is 12.9. The number of likely N-dealkylation sites (N-methyl/N-ethyl adjacent to an activating group) is 1. The number of benzene rings is 1. The summed E-state index contributed by atoms with van der Waals surface area (Å²) < 4.78 is 12.9. The van der Waals surface area contributed by atoms with Crippen LogP contribution in [-0.4, -0.2) is 31.6 Å². The van der Waals surface area contributed by atoms with Crippen molar-refractivity contribution in [3.8, 4) is 0 Å². The predicted molar refractivity (Wildman–Crippen MR) is 61.6 cm³/mol. The zero-order chi connectivity index (χ0) is 11.4. The topological polar surface area (TPSA) is 29.3 Å². The number of hydrogen-bond donors (Lipinski definition) is 1. The second-order valence-electron chi connectivity index (χ2n) is 3.97. The van der Waals surface area contributed by atoms with E-state index in [0.29, 0.717) is 6.42 Å². The van der Waals surface area contributed by atoms with Gasteiger partial charge in [0.05, 0.1) is 5.02 Å². The van der Waals surface area contributed by atoms with Gasteiger partial charge in [-0.15, -0.1) is 0 Å². The number of hydrogen-bond acceptors (Lipinski definition) is 2. The molecule has 0 heterocycles. The third-order valence-corrected chi connectivity index (χ3v) is 2.37. The molecule has 0 aliphatic carbocycles. The molecule has 0 amide bonds. The SMILES string of the molecule is CN(C)CC(N)Cc1ccc(F)c(Cl)c1. The Morgan fingerprint density at radius 2 is 2.13 bits per heavy atom. The second kappa shape index (κ2) is 5.45. The number of halogens is 2. The van der Waals surface area contributed by atoms with Crippen molar-refractivity contribution < 1.29 is 4.39 Å². The van der Waals surface area contributed by atoms with Crippen LogP contribution >= 0.6 is 11.6 Å². The predicted octanol–water partition coefficient (Wildman–Crippen LogP) is 1.91. The lowest BCUT2D eigenvalue weighted by Gasteiger charge is -2.16.